The molecule has 74 valence electrons. The van der Waals surface area contributed by atoms with Crippen LogP contribution in [0.2, 0.25) is 5.02 Å². The van der Waals surface area contributed by atoms with Crippen LogP contribution in [0.25, 0.3) is 0 Å². The van der Waals surface area contributed by atoms with E-state index in [1.807, 2.05) is 12.1 Å². The fraction of sp³-hybridized carbons (Fsp3) is 0.364. The molecule has 14 heavy (non-hydrogen) atoms. The Labute approximate surface area is 87.8 Å². The molecule has 1 atom stereocenters. The van der Waals surface area contributed by atoms with E-state index in [9.17, 15) is 4.79 Å². The molecule has 0 fully saturated rings. The maximum atomic E-state index is 11.0. The summed E-state index contributed by atoms with van der Waals surface area (Å²) in [4.78, 5) is 11.0. The van der Waals surface area contributed by atoms with Crippen LogP contribution in [0.15, 0.2) is 18.2 Å². The van der Waals surface area contributed by atoms with Crippen molar-refractivity contribution in [2.75, 3.05) is 7.11 Å². The molecule has 1 aliphatic rings. The number of carbonyl (C=O) groups is 1. The van der Waals surface area contributed by atoms with E-state index in [0.29, 0.717) is 11.4 Å². The number of benzene rings is 1. The minimum absolute atomic E-state index is 0.710. The molecule has 3 heteroatoms. The molecule has 0 radical (unpaired) electrons. The summed E-state index contributed by atoms with van der Waals surface area (Å²) < 4.78 is 5.30. The zero-order valence-electron chi connectivity index (χ0n) is 7.92. The molecule has 1 aromatic rings. The van der Waals surface area contributed by atoms with Gasteiger partial charge in [0.15, 0.2) is 6.29 Å². The van der Waals surface area contributed by atoms with E-state index in [0.717, 1.165) is 23.8 Å². The molecule has 0 aromatic heterocycles. The molecule has 1 aliphatic carbocycles. The molecule has 0 heterocycles. The van der Waals surface area contributed by atoms with Gasteiger partial charge in [0.25, 0.3) is 0 Å². The molecule has 1 aromatic carbocycles. The van der Waals surface area contributed by atoms with Gasteiger partial charge in [-0.3, -0.25) is 4.79 Å². The number of aryl methyl sites for hydroxylation is 1. The van der Waals surface area contributed by atoms with Crippen molar-refractivity contribution < 1.29 is 9.53 Å². The number of hydrogen-bond acceptors (Lipinski definition) is 2. The first-order valence-corrected chi connectivity index (χ1v) is 4.90. The van der Waals surface area contributed by atoms with E-state index in [1.54, 1.807) is 13.2 Å². The van der Waals surface area contributed by atoms with Crippen LogP contribution in [0, 0.1) is 0 Å². The van der Waals surface area contributed by atoms with Crippen LogP contribution in [-0.4, -0.2) is 13.4 Å². The number of carbonyl (C=O) groups excluding carboxylic acids is 1. The number of fused-ring (bicyclic) bond motifs is 1. The Bertz CT molecular complexity index is 376. The fourth-order valence-corrected chi connectivity index (χ4v) is 2.21. The largest absolute Gasteiger partial charge is 0.366 e. The van der Waals surface area contributed by atoms with Crippen molar-refractivity contribution in [2.45, 2.75) is 18.4 Å². The van der Waals surface area contributed by atoms with Gasteiger partial charge >= 0.3 is 0 Å². The summed E-state index contributed by atoms with van der Waals surface area (Å²) in [5.74, 6) is 0. The van der Waals surface area contributed by atoms with E-state index in [4.69, 9.17) is 16.3 Å². The zero-order chi connectivity index (χ0) is 10.2. The van der Waals surface area contributed by atoms with Gasteiger partial charge in [-0.2, -0.15) is 0 Å². The Morgan fingerprint density at radius 1 is 1.57 bits per heavy atom. The maximum Gasteiger partial charge on any atom is 0.156 e. The lowest BCUT2D eigenvalue weighted by molar-refractivity contribution is -0.128. The highest BCUT2D eigenvalue weighted by atomic mass is 35.5. The summed E-state index contributed by atoms with van der Waals surface area (Å²) in [6.07, 6.45) is 2.44. The minimum atomic E-state index is -0.736. The summed E-state index contributed by atoms with van der Waals surface area (Å²) in [5.41, 5.74) is 1.34. The zero-order valence-corrected chi connectivity index (χ0v) is 8.67. The third-order valence-electron chi connectivity index (χ3n) is 2.84. The second-order valence-electron chi connectivity index (χ2n) is 3.51. The van der Waals surface area contributed by atoms with Gasteiger partial charge in [0.05, 0.1) is 0 Å². The third kappa shape index (κ3) is 1.26. The standard InChI is InChI=1S/C11H11ClO2/c1-14-11(7-13)5-4-8-6-9(12)2-3-10(8)11/h2-3,6-7H,4-5H2,1H3. The van der Waals surface area contributed by atoms with E-state index in [2.05, 4.69) is 0 Å². The van der Waals surface area contributed by atoms with Crippen LogP contribution in [0.5, 0.6) is 0 Å². The first kappa shape index (κ1) is 9.69. The molecule has 0 spiro atoms. The Balaban J connectivity index is 2.53. The number of rotatable bonds is 2. The van der Waals surface area contributed by atoms with Crippen molar-refractivity contribution in [3.05, 3.63) is 34.3 Å². The highest BCUT2D eigenvalue weighted by Gasteiger charge is 2.38. The molecule has 0 aliphatic heterocycles. The average molecular weight is 211 g/mol. The fourth-order valence-electron chi connectivity index (χ4n) is 2.02. The van der Waals surface area contributed by atoms with Crippen LogP contribution in [0.1, 0.15) is 17.5 Å². The lowest BCUT2D eigenvalue weighted by Gasteiger charge is -2.21. The highest BCUT2D eigenvalue weighted by Crippen LogP contribution is 2.38. The van der Waals surface area contributed by atoms with Crippen LogP contribution < -0.4 is 0 Å². The topological polar surface area (TPSA) is 26.3 Å². The first-order valence-electron chi connectivity index (χ1n) is 4.52. The van der Waals surface area contributed by atoms with E-state index in [1.165, 1.54) is 0 Å². The molecule has 0 bridgehead atoms. The Hall–Kier alpha value is -0.860. The Kier molecular flexibility index (Phi) is 2.33. The lowest BCUT2D eigenvalue weighted by Crippen LogP contribution is -2.26. The van der Waals surface area contributed by atoms with Gasteiger partial charge in [-0.25, -0.2) is 0 Å². The second-order valence-corrected chi connectivity index (χ2v) is 3.95. The van der Waals surface area contributed by atoms with E-state index in [-0.39, 0.29) is 0 Å². The van der Waals surface area contributed by atoms with Gasteiger partial charge in [-0.1, -0.05) is 17.7 Å². The molecule has 0 saturated heterocycles. The molecular formula is C11H11ClO2. The average Bonchev–Trinajstić information content (AvgIpc) is 2.56. The van der Waals surface area contributed by atoms with E-state index < -0.39 is 5.60 Å². The predicted molar refractivity (Wildman–Crippen MR) is 54.5 cm³/mol. The Morgan fingerprint density at radius 3 is 3.00 bits per heavy atom. The lowest BCUT2D eigenvalue weighted by atomic mass is 9.98. The summed E-state index contributed by atoms with van der Waals surface area (Å²) in [6, 6.07) is 5.58. The van der Waals surface area contributed by atoms with Crippen molar-refractivity contribution in [1.82, 2.24) is 0 Å². The number of ether oxygens (including phenoxy) is 1. The molecule has 2 rings (SSSR count). The van der Waals surface area contributed by atoms with Crippen LogP contribution in [0.4, 0.5) is 0 Å². The number of aldehydes is 1. The molecule has 0 N–H and O–H groups in total. The van der Waals surface area contributed by atoms with Crippen molar-refractivity contribution in [3.63, 3.8) is 0 Å². The molecule has 1 unspecified atom stereocenters. The smallest absolute Gasteiger partial charge is 0.156 e. The van der Waals surface area contributed by atoms with E-state index >= 15 is 0 Å². The Morgan fingerprint density at radius 2 is 2.36 bits per heavy atom. The quantitative estimate of drug-likeness (QED) is 0.701. The second kappa shape index (κ2) is 3.37. The summed E-state index contributed by atoms with van der Waals surface area (Å²) in [7, 11) is 1.57. The predicted octanol–water partition coefficient (Wildman–Crippen LogP) is 2.33. The highest BCUT2D eigenvalue weighted by molar-refractivity contribution is 6.30. The summed E-state index contributed by atoms with van der Waals surface area (Å²) in [5, 5.41) is 0.710. The minimum Gasteiger partial charge on any atom is -0.366 e. The van der Waals surface area contributed by atoms with Crippen molar-refractivity contribution >= 4 is 17.9 Å². The van der Waals surface area contributed by atoms with Crippen molar-refractivity contribution in [1.29, 1.82) is 0 Å². The monoisotopic (exact) mass is 210 g/mol. The number of hydrogen-bond donors (Lipinski definition) is 0. The normalized spacial score (nSPS) is 24.7. The SMILES string of the molecule is COC1(C=O)CCc2cc(Cl)ccc21. The van der Waals surface area contributed by atoms with Gasteiger partial charge in [0.1, 0.15) is 5.60 Å². The molecular weight excluding hydrogens is 200 g/mol. The maximum absolute atomic E-state index is 11.0. The van der Waals surface area contributed by atoms with Gasteiger partial charge in [-0.15, -0.1) is 0 Å². The number of methoxy groups -OCH3 is 1. The van der Waals surface area contributed by atoms with Crippen LogP contribution >= 0.6 is 11.6 Å². The molecule has 0 saturated carbocycles. The molecule has 0 amide bonds. The summed E-state index contributed by atoms with van der Waals surface area (Å²) in [6.45, 7) is 0. The number of halogens is 1. The first-order chi connectivity index (χ1) is 6.72. The van der Waals surface area contributed by atoms with Gasteiger partial charge in [0, 0.05) is 12.1 Å². The van der Waals surface area contributed by atoms with Gasteiger partial charge < -0.3 is 4.74 Å². The van der Waals surface area contributed by atoms with Crippen LogP contribution in [0.3, 0.4) is 0 Å². The van der Waals surface area contributed by atoms with Gasteiger partial charge in [-0.05, 0) is 36.1 Å². The van der Waals surface area contributed by atoms with Crippen molar-refractivity contribution in [2.24, 2.45) is 0 Å². The summed E-state index contributed by atoms with van der Waals surface area (Å²) >= 11 is 5.87. The van der Waals surface area contributed by atoms with Crippen molar-refractivity contribution in [3.8, 4) is 0 Å². The van der Waals surface area contributed by atoms with Gasteiger partial charge in [0.2, 0.25) is 0 Å². The molecule has 2 nitrogen and oxygen atoms in total. The third-order valence-corrected chi connectivity index (χ3v) is 3.08. The van der Waals surface area contributed by atoms with Crippen LogP contribution in [-0.2, 0) is 21.6 Å².